The first-order valence-electron chi connectivity index (χ1n) is 5.58. The van der Waals surface area contributed by atoms with Crippen molar-refractivity contribution in [3.05, 3.63) is 5.89 Å². The maximum absolute atomic E-state index is 5.46. The van der Waals surface area contributed by atoms with E-state index in [9.17, 15) is 0 Å². The highest BCUT2D eigenvalue weighted by Crippen LogP contribution is 2.43. The van der Waals surface area contributed by atoms with Crippen LogP contribution in [0.5, 0.6) is 0 Å². The first kappa shape index (κ1) is 9.15. The molecule has 3 aliphatic rings. The van der Waals surface area contributed by atoms with Gasteiger partial charge in [0.25, 0.3) is 0 Å². The highest BCUT2D eigenvalue weighted by molar-refractivity contribution is 5.08. The third-order valence-electron chi connectivity index (χ3n) is 3.73. The number of fused-ring (bicyclic) bond motifs is 3. The molecule has 4 rings (SSSR count). The van der Waals surface area contributed by atoms with Crippen LogP contribution in [0.4, 0.5) is 6.01 Å². The smallest absolute Gasteiger partial charge is 0.312 e. The summed E-state index contributed by atoms with van der Waals surface area (Å²) in [6, 6.07) is 1.12. The average Bonchev–Trinajstić information content (AvgIpc) is 2.65. The van der Waals surface area contributed by atoms with Gasteiger partial charge < -0.3 is 10.2 Å². The van der Waals surface area contributed by atoms with E-state index in [1.807, 2.05) is 0 Å². The second kappa shape index (κ2) is 3.20. The topological polar surface area (TPSA) is 68.2 Å². The summed E-state index contributed by atoms with van der Waals surface area (Å²) in [4.78, 5) is 2.47. The van der Waals surface area contributed by atoms with E-state index in [0.29, 0.717) is 18.0 Å². The zero-order valence-electron chi connectivity index (χ0n) is 8.89. The molecule has 3 fully saturated rings. The molecule has 4 heterocycles. The van der Waals surface area contributed by atoms with Crippen molar-refractivity contribution in [2.75, 3.05) is 12.3 Å². The number of nitrogens with two attached hydrogens (primary N) is 1. The standard InChI is InChI=1S/C10H16N4O/c1-6-4-7-2-3-14(6)8(5-7)9-12-13-10(11)15-9/h6-8H,2-5H2,1H3,(H2,11,13). The quantitative estimate of drug-likeness (QED) is 0.751. The molecule has 4 atom stereocenters. The van der Waals surface area contributed by atoms with Crippen LogP contribution in [0.25, 0.3) is 0 Å². The lowest BCUT2D eigenvalue weighted by Gasteiger charge is -2.48. The van der Waals surface area contributed by atoms with Gasteiger partial charge in [-0.2, -0.15) is 0 Å². The molecule has 15 heavy (non-hydrogen) atoms. The monoisotopic (exact) mass is 208 g/mol. The highest BCUT2D eigenvalue weighted by atomic mass is 16.4. The van der Waals surface area contributed by atoms with Crippen LogP contribution < -0.4 is 5.73 Å². The van der Waals surface area contributed by atoms with E-state index in [1.54, 1.807) is 0 Å². The number of hydrogen-bond acceptors (Lipinski definition) is 5. The first-order valence-corrected chi connectivity index (χ1v) is 5.58. The molecule has 0 spiro atoms. The minimum Gasteiger partial charge on any atom is -0.407 e. The zero-order valence-corrected chi connectivity index (χ0v) is 8.89. The summed E-state index contributed by atoms with van der Waals surface area (Å²) >= 11 is 0. The second-order valence-corrected chi connectivity index (χ2v) is 4.71. The van der Waals surface area contributed by atoms with Gasteiger partial charge in [0.1, 0.15) is 0 Å². The summed E-state index contributed by atoms with van der Waals surface area (Å²) in [6.07, 6.45) is 3.76. The van der Waals surface area contributed by atoms with Crippen LogP contribution in [0, 0.1) is 5.92 Å². The van der Waals surface area contributed by atoms with Crippen molar-refractivity contribution in [3.63, 3.8) is 0 Å². The molecule has 1 aromatic heterocycles. The van der Waals surface area contributed by atoms with Crippen LogP contribution >= 0.6 is 0 Å². The number of aromatic nitrogens is 2. The Balaban J connectivity index is 1.88. The Hall–Kier alpha value is -1.10. The van der Waals surface area contributed by atoms with Crippen LogP contribution in [0.15, 0.2) is 4.42 Å². The zero-order chi connectivity index (χ0) is 10.4. The number of hydrogen-bond donors (Lipinski definition) is 1. The second-order valence-electron chi connectivity index (χ2n) is 4.71. The minimum atomic E-state index is 0.181. The maximum atomic E-state index is 5.46. The lowest BCUT2D eigenvalue weighted by molar-refractivity contribution is -0.00758. The lowest BCUT2D eigenvalue weighted by atomic mass is 9.79. The van der Waals surface area contributed by atoms with Gasteiger partial charge in [0.2, 0.25) is 5.89 Å². The Bertz CT molecular complexity index is 364. The largest absolute Gasteiger partial charge is 0.407 e. The van der Waals surface area contributed by atoms with Crippen molar-refractivity contribution in [2.45, 2.75) is 38.3 Å². The summed E-state index contributed by atoms with van der Waals surface area (Å²) in [5.41, 5.74) is 5.46. The van der Waals surface area contributed by atoms with Gasteiger partial charge in [-0.3, -0.25) is 4.90 Å². The average molecular weight is 208 g/mol. The van der Waals surface area contributed by atoms with Gasteiger partial charge in [0, 0.05) is 6.04 Å². The molecule has 4 unspecified atom stereocenters. The molecule has 0 amide bonds. The van der Waals surface area contributed by atoms with E-state index in [4.69, 9.17) is 10.2 Å². The van der Waals surface area contributed by atoms with E-state index < -0.39 is 0 Å². The van der Waals surface area contributed by atoms with E-state index in [2.05, 4.69) is 22.0 Å². The molecule has 0 saturated carbocycles. The molecule has 2 bridgehead atoms. The fourth-order valence-corrected chi connectivity index (χ4v) is 3.04. The number of rotatable bonds is 1. The van der Waals surface area contributed by atoms with Crippen molar-refractivity contribution in [3.8, 4) is 0 Å². The molecule has 0 radical (unpaired) electrons. The SMILES string of the molecule is CC1CC2CCN1C(c1nnc(N)o1)C2. The Morgan fingerprint density at radius 3 is 2.87 bits per heavy atom. The summed E-state index contributed by atoms with van der Waals surface area (Å²) < 4.78 is 5.34. The van der Waals surface area contributed by atoms with Crippen molar-refractivity contribution < 1.29 is 4.42 Å². The van der Waals surface area contributed by atoms with Crippen molar-refractivity contribution in [1.29, 1.82) is 0 Å². The maximum Gasteiger partial charge on any atom is 0.312 e. The van der Waals surface area contributed by atoms with Crippen LogP contribution in [0.3, 0.4) is 0 Å². The molecule has 3 saturated heterocycles. The van der Waals surface area contributed by atoms with Crippen LogP contribution in [-0.2, 0) is 0 Å². The summed E-state index contributed by atoms with van der Waals surface area (Å²) in [7, 11) is 0. The van der Waals surface area contributed by atoms with Gasteiger partial charge >= 0.3 is 6.01 Å². The molecule has 5 nitrogen and oxygen atoms in total. The normalized spacial score (nSPS) is 39.5. The number of piperidine rings is 3. The van der Waals surface area contributed by atoms with E-state index in [-0.39, 0.29) is 6.01 Å². The first-order chi connectivity index (χ1) is 7.24. The molecule has 3 aliphatic heterocycles. The minimum absolute atomic E-state index is 0.181. The van der Waals surface area contributed by atoms with Gasteiger partial charge in [-0.15, -0.1) is 5.10 Å². The lowest BCUT2D eigenvalue weighted by Crippen LogP contribution is -2.49. The van der Waals surface area contributed by atoms with Gasteiger partial charge in [0.15, 0.2) is 0 Å². The molecular weight excluding hydrogens is 192 g/mol. The molecular formula is C10H16N4O. The van der Waals surface area contributed by atoms with Crippen LogP contribution in [-0.4, -0.2) is 27.7 Å². The van der Waals surface area contributed by atoms with E-state index in [1.165, 1.54) is 12.8 Å². The molecule has 2 N–H and O–H groups in total. The molecule has 0 aliphatic carbocycles. The molecule has 1 aromatic rings. The Morgan fingerprint density at radius 2 is 2.27 bits per heavy atom. The number of nitrogen functional groups attached to an aromatic ring is 1. The summed E-state index contributed by atoms with van der Waals surface area (Å²) in [5, 5.41) is 7.74. The van der Waals surface area contributed by atoms with Crippen LogP contribution in [0.1, 0.15) is 38.1 Å². The van der Waals surface area contributed by atoms with E-state index in [0.717, 1.165) is 18.9 Å². The summed E-state index contributed by atoms with van der Waals surface area (Å²) in [5.74, 6) is 1.52. The summed E-state index contributed by atoms with van der Waals surface area (Å²) in [6.45, 7) is 3.43. The fraction of sp³-hybridized carbons (Fsp3) is 0.800. The van der Waals surface area contributed by atoms with Crippen LogP contribution in [0.2, 0.25) is 0 Å². The Kier molecular flexibility index (Phi) is 1.95. The third kappa shape index (κ3) is 1.42. The van der Waals surface area contributed by atoms with Gasteiger partial charge in [-0.05, 0) is 38.6 Å². The van der Waals surface area contributed by atoms with Crippen molar-refractivity contribution in [2.24, 2.45) is 5.92 Å². The molecule has 5 heteroatoms. The van der Waals surface area contributed by atoms with Gasteiger partial charge in [-0.25, -0.2) is 0 Å². The predicted octanol–water partition coefficient (Wildman–Crippen LogP) is 1.20. The number of anilines is 1. The predicted molar refractivity (Wildman–Crippen MR) is 55.0 cm³/mol. The fourth-order valence-electron chi connectivity index (χ4n) is 3.04. The number of nitrogens with zero attached hydrogens (tertiary/aromatic N) is 3. The van der Waals surface area contributed by atoms with Crippen molar-refractivity contribution in [1.82, 2.24) is 15.1 Å². The van der Waals surface area contributed by atoms with Crippen molar-refractivity contribution >= 4 is 6.01 Å². The van der Waals surface area contributed by atoms with Gasteiger partial charge in [-0.1, -0.05) is 5.10 Å². The third-order valence-corrected chi connectivity index (χ3v) is 3.73. The molecule has 0 aromatic carbocycles. The highest BCUT2D eigenvalue weighted by Gasteiger charge is 2.40. The molecule has 82 valence electrons. The van der Waals surface area contributed by atoms with Gasteiger partial charge in [0.05, 0.1) is 6.04 Å². The Labute approximate surface area is 88.6 Å². The Morgan fingerprint density at radius 1 is 1.40 bits per heavy atom. The van der Waals surface area contributed by atoms with E-state index >= 15 is 0 Å².